The maximum Gasteiger partial charge on any atom is 0.299 e. The summed E-state index contributed by atoms with van der Waals surface area (Å²) in [5, 5.41) is 0.458. The van der Waals surface area contributed by atoms with Crippen molar-refractivity contribution in [2.24, 2.45) is 0 Å². The molecule has 1 aliphatic rings. The van der Waals surface area contributed by atoms with Crippen molar-refractivity contribution in [1.29, 1.82) is 0 Å². The summed E-state index contributed by atoms with van der Waals surface area (Å²) in [6.07, 6.45) is 3.10. The normalized spacial score (nSPS) is 13.5. The van der Waals surface area contributed by atoms with Gasteiger partial charge in [-0.2, -0.15) is 0 Å². The third kappa shape index (κ3) is 2.25. The molecule has 1 aromatic heterocycles. The first kappa shape index (κ1) is 13.6. The molecule has 0 saturated carbocycles. The summed E-state index contributed by atoms with van der Waals surface area (Å²) >= 11 is 6.06. The van der Waals surface area contributed by atoms with E-state index < -0.39 is 11.7 Å². The highest BCUT2D eigenvalue weighted by atomic mass is 35.5. The van der Waals surface area contributed by atoms with Gasteiger partial charge < -0.3 is 9.64 Å². The number of methoxy groups -OCH3 is 1. The summed E-state index contributed by atoms with van der Waals surface area (Å²) in [5.41, 5.74) is 1.65. The first-order valence-electron chi connectivity index (χ1n) is 6.24. The predicted octanol–water partition coefficient (Wildman–Crippen LogP) is 2.47. The maximum absolute atomic E-state index is 12.2. The lowest BCUT2D eigenvalue weighted by atomic mass is 10.1. The van der Waals surface area contributed by atoms with Crippen molar-refractivity contribution in [1.82, 2.24) is 4.98 Å². The number of amides is 1. The minimum absolute atomic E-state index is 0.227. The van der Waals surface area contributed by atoms with Crippen LogP contribution < -0.4 is 9.64 Å². The van der Waals surface area contributed by atoms with Crippen LogP contribution in [0.3, 0.4) is 0 Å². The smallest absolute Gasteiger partial charge is 0.299 e. The van der Waals surface area contributed by atoms with Crippen molar-refractivity contribution >= 4 is 29.0 Å². The van der Waals surface area contributed by atoms with Gasteiger partial charge in [0.05, 0.1) is 29.9 Å². The Morgan fingerprint density at radius 2 is 2.10 bits per heavy atom. The molecule has 0 atom stereocenters. The molecule has 1 aromatic carbocycles. The van der Waals surface area contributed by atoms with Crippen molar-refractivity contribution in [3.05, 3.63) is 52.8 Å². The first-order valence-corrected chi connectivity index (χ1v) is 6.62. The SMILES string of the molecule is COc1ccc2c(c1)C(=O)C(=O)N2Cc1ccncc1Cl. The number of hydrogen-bond acceptors (Lipinski definition) is 4. The number of carbonyl (C=O) groups excluding carboxylic acids is 2. The Kier molecular flexibility index (Phi) is 3.35. The van der Waals surface area contributed by atoms with Gasteiger partial charge in [0, 0.05) is 12.4 Å². The quantitative estimate of drug-likeness (QED) is 0.817. The molecule has 0 saturated heterocycles. The lowest BCUT2D eigenvalue weighted by Gasteiger charge is -2.17. The molecule has 1 amide bonds. The zero-order valence-electron chi connectivity index (χ0n) is 11.2. The Balaban J connectivity index is 2.00. The second kappa shape index (κ2) is 5.18. The number of ether oxygens (including phenoxy) is 1. The van der Waals surface area contributed by atoms with Crippen LogP contribution >= 0.6 is 11.6 Å². The topological polar surface area (TPSA) is 59.5 Å². The molecule has 0 N–H and O–H groups in total. The lowest BCUT2D eigenvalue weighted by Crippen LogP contribution is -2.29. The van der Waals surface area contributed by atoms with Gasteiger partial charge in [-0.25, -0.2) is 0 Å². The second-order valence-corrected chi connectivity index (χ2v) is 4.98. The van der Waals surface area contributed by atoms with Gasteiger partial charge in [0.15, 0.2) is 0 Å². The summed E-state index contributed by atoms with van der Waals surface area (Å²) in [6.45, 7) is 0.227. The maximum atomic E-state index is 12.2. The fourth-order valence-corrected chi connectivity index (χ4v) is 2.45. The van der Waals surface area contributed by atoms with E-state index in [-0.39, 0.29) is 6.54 Å². The van der Waals surface area contributed by atoms with Crippen molar-refractivity contribution < 1.29 is 14.3 Å². The predicted molar refractivity (Wildman–Crippen MR) is 77.8 cm³/mol. The highest BCUT2D eigenvalue weighted by molar-refractivity contribution is 6.52. The van der Waals surface area contributed by atoms with Gasteiger partial charge in [0.2, 0.25) is 0 Å². The van der Waals surface area contributed by atoms with Gasteiger partial charge in [0.25, 0.3) is 11.7 Å². The zero-order valence-corrected chi connectivity index (χ0v) is 11.9. The van der Waals surface area contributed by atoms with Gasteiger partial charge >= 0.3 is 0 Å². The summed E-state index contributed by atoms with van der Waals surface area (Å²) in [5.74, 6) is -0.557. The first-order chi connectivity index (χ1) is 10.1. The fourth-order valence-electron chi connectivity index (χ4n) is 2.27. The Morgan fingerprint density at radius 1 is 1.29 bits per heavy atom. The number of halogens is 1. The van der Waals surface area contributed by atoms with E-state index >= 15 is 0 Å². The number of Topliss-reactive ketones (excluding diaryl/α,β-unsaturated/α-hetero) is 1. The number of carbonyl (C=O) groups is 2. The van der Waals surface area contributed by atoms with E-state index in [1.54, 1.807) is 30.5 Å². The van der Waals surface area contributed by atoms with Gasteiger partial charge in [-0.15, -0.1) is 0 Å². The van der Waals surface area contributed by atoms with Gasteiger partial charge in [-0.1, -0.05) is 11.6 Å². The van der Waals surface area contributed by atoms with Crippen molar-refractivity contribution in [3.63, 3.8) is 0 Å². The highest BCUT2D eigenvalue weighted by Crippen LogP contribution is 2.33. The molecule has 0 aliphatic carbocycles. The summed E-state index contributed by atoms with van der Waals surface area (Å²) in [6, 6.07) is 6.71. The lowest BCUT2D eigenvalue weighted by molar-refractivity contribution is -0.114. The van der Waals surface area contributed by atoms with Crippen LogP contribution in [-0.4, -0.2) is 23.8 Å². The molecule has 106 valence electrons. The molecule has 0 fully saturated rings. The summed E-state index contributed by atoms with van der Waals surface area (Å²) in [7, 11) is 1.51. The average molecular weight is 303 g/mol. The molecule has 3 rings (SSSR count). The third-order valence-corrected chi connectivity index (χ3v) is 3.70. The number of anilines is 1. The Labute approximate surface area is 126 Å². The fraction of sp³-hybridized carbons (Fsp3) is 0.133. The highest BCUT2D eigenvalue weighted by Gasteiger charge is 2.36. The van der Waals surface area contributed by atoms with Gasteiger partial charge in [-0.05, 0) is 29.8 Å². The van der Waals surface area contributed by atoms with Gasteiger partial charge in [-0.3, -0.25) is 14.6 Å². The Hall–Kier alpha value is -2.40. The zero-order chi connectivity index (χ0) is 15.0. The molecule has 0 radical (unpaired) electrons. The summed E-state index contributed by atoms with van der Waals surface area (Å²) in [4.78, 5) is 29.5. The molecular weight excluding hydrogens is 292 g/mol. The van der Waals surface area contributed by atoms with E-state index in [0.717, 1.165) is 5.56 Å². The van der Waals surface area contributed by atoms with Crippen LogP contribution in [0, 0.1) is 0 Å². The van der Waals surface area contributed by atoms with Crippen LogP contribution in [0.25, 0.3) is 0 Å². The number of hydrogen-bond donors (Lipinski definition) is 0. The molecule has 1 aliphatic heterocycles. The second-order valence-electron chi connectivity index (χ2n) is 4.57. The Bertz CT molecular complexity index is 745. The molecule has 0 spiro atoms. The van der Waals surface area contributed by atoms with Crippen LogP contribution in [0.5, 0.6) is 5.75 Å². The number of pyridine rings is 1. The number of fused-ring (bicyclic) bond motifs is 1. The van der Waals surface area contributed by atoms with Gasteiger partial charge in [0.1, 0.15) is 5.75 Å². The summed E-state index contributed by atoms with van der Waals surface area (Å²) < 4.78 is 5.08. The largest absolute Gasteiger partial charge is 0.497 e. The standard InChI is InChI=1S/C15H11ClN2O3/c1-21-10-2-3-13-11(6-10)14(19)15(20)18(13)8-9-4-5-17-7-12(9)16/h2-7H,8H2,1H3. The van der Waals surface area contributed by atoms with Crippen LogP contribution in [0.15, 0.2) is 36.7 Å². The minimum Gasteiger partial charge on any atom is -0.497 e. The minimum atomic E-state index is -0.564. The molecular formula is C15H11ClN2O3. The molecule has 21 heavy (non-hydrogen) atoms. The molecule has 6 heteroatoms. The molecule has 2 aromatic rings. The van der Waals surface area contributed by atoms with Crippen LogP contribution in [0.4, 0.5) is 5.69 Å². The van der Waals surface area contributed by atoms with Crippen molar-refractivity contribution in [2.75, 3.05) is 12.0 Å². The monoisotopic (exact) mass is 302 g/mol. The van der Waals surface area contributed by atoms with E-state index in [2.05, 4.69) is 4.98 Å². The Morgan fingerprint density at radius 3 is 2.81 bits per heavy atom. The van der Waals surface area contributed by atoms with E-state index in [4.69, 9.17) is 16.3 Å². The van der Waals surface area contributed by atoms with E-state index in [0.29, 0.717) is 22.0 Å². The van der Waals surface area contributed by atoms with Crippen molar-refractivity contribution in [3.8, 4) is 5.75 Å². The van der Waals surface area contributed by atoms with Crippen LogP contribution in [0.2, 0.25) is 5.02 Å². The molecule has 5 nitrogen and oxygen atoms in total. The molecule has 0 unspecified atom stereocenters. The number of rotatable bonds is 3. The third-order valence-electron chi connectivity index (χ3n) is 3.36. The van der Waals surface area contributed by atoms with Crippen LogP contribution in [0.1, 0.15) is 15.9 Å². The van der Waals surface area contributed by atoms with E-state index in [1.165, 1.54) is 18.2 Å². The number of ketones is 1. The number of benzene rings is 1. The number of nitrogens with zero attached hydrogens (tertiary/aromatic N) is 2. The number of aromatic nitrogens is 1. The average Bonchev–Trinajstić information content (AvgIpc) is 2.74. The van der Waals surface area contributed by atoms with Crippen molar-refractivity contribution in [2.45, 2.75) is 6.54 Å². The van der Waals surface area contributed by atoms with E-state index in [9.17, 15) is 9.59 Å². The molecule has 2 heterocycles. The molecule has 0 bridgehead atoms. The van der Waals surface area contributed by atoms with Crippen LogP contribution in [-0.2, 0) is 11.3 Å². The van der Waals surface area contributed by atoms with E-state index in [1.807, 2.05) is 0 Å².